The van der Waals surface area contributed by atoms with Crippen LogP contribution < -0.4 is 0 Å². The summed E-state index contributed by atoms with van der Waals surface area (Å²) in [6.07, 6.45) is 4.42. The average Bonchev–Trinajstić information content (AvgIpc) is 2.94. The molecule has 0 spiro atoms. The first-order valence-corrected chi connectivity index (χ1v) is 5.83. The Labute approximate surface area is 95.2 Å². The molecule has 0 atom stereocenters. The second kappa shape index (κ2) is 3.30. The minimum absolute atomic E-state index is 0.251. The van der Waals surface area contributed by atoms with Crippen LogP contribution in [-0.4, -0.2) is 9.55 Å². The highest BCUT2D eigenvalue weighted by atomic mass is 79.9. The molecule has 1 saturated carbocycles. The molecule has 2 aromatic rings. The summed E-state index contributed by atoms with van der Waals surface area (Å²) in [5, 5.41) is 0. The first-order chi connectivity index (χ1) is 7.24. The van der Waals surface area contributed by atoms with E-state index >= 15 is 0 Å². The summed E-state index contributed by atoms with van der Waals surface area (Å²) < 4.78 is 15.9. The van der Waals surface area contributed by atoms with Crippen LogP contribution in [0.25, 0.3) is 11.0 Å². The lowest BCUT2D eigenvalue weighted by molar-refractivity contribution is 0.621. The van der Waals surface area contributed by atoms with E-state index in [1.54, 1.807) is 12.4 Å². The van der Waals surface area contributed by atoms with Crippen molar-refractivity contribution in [1.29, 1.82) is 0 Å². The number of rotatable bonds is 2. The number of benzene rings is 1. The van der Waals surface area contributed by atoms with Crippen molar-refractivity contribution in [2.75, 3.05) is 0 Å². The van der Waals surface area contributed by atoms with E-state index in [2.05, 4.69) is 25.5 Å². The van der Waals surface area contributed by atoms with Gasteiger partial charge < -0.3 is 4.57 Å². The topological polar surface area (TPSA) is 17.8 Å². The van der Waals surface area contributed by atoms with Gasteiger partial charge in [-0.2, -0.15) is 0 Å². The van der Waals surface area contributed by atoms with E-state index in [9.17, 15) is 4.39 Å². The Hall–Kier alpha value is -0.900. The van der Waals surface area contributed by atoms with Gasteiger partial charge in [0.05, 0.1) is 21.8 Å². The highest BCUT2D eigenvalue weighted by Crippen LogP contribution is 2.32. The number of aromatic nitrogens is 2. The van der Waals surface area contributed by atoms with Gasteiger partial charge in [0.15, 0.2) is 0 Å². The normalized spacial score (nSPS) is 16.1. The van der Waals surface area contributed by atoms with Crippen molar-refractivity contribution in [2.45, 2.75) is 19.4 Å². The minimum atomic E-state index is -0.251. The third-order valence-corrected chi connectivity index (χ3v) is 3.42. The highest BCUT2D eigenvalue weighted by Gasteiger charge is 2.22. The van der Waals surface area contributed by atoms with Gasteiger partial charge in [0.2, 0.25) is 0 Å². The highest BCUT2D eigenvalue weighted by molar-refractivity contribution is 9.10. The van der Waals surface area contributed by atoms with Crippen molar-refractivity contribution in [3.8, 4) is 0 Å². The molecule has 3 rings (SSSR count). The maximum absolute atomic E-state index is 13.2. The minimum Gasteiger partial charge on any atom is -0.330 e. The van der Waals surface area contributed by atoms with E-state index < -0.39 is 0 Å². The lowest BCUT2D eigenvalue weighted by Gasteiger charge is -2.02. The Kier molecular flexibility index (Phi) is 2.06. The largest absolute Gasteiger partial charge is 0.330 e. The molecule has 1 heterocycles. The van der Waals surface area contributed by atoms with E-state index in [4.69, 9.17) is 0 Å². The molecule has 0 unspecified atom stereocenters. The first-order valence-electron chi connectivity index (χ1n) is 5.04. The van der Waals surface area contributed by atoms with Crippen molar-refractivity contribution >= 4 is 27.0 Å². The predicted molar refractivity (Wildman–Crippen MR) is 60.1 cm³/mol. The maximum Gasteiger partial charge on any atom is 0.139 e. The van der Waals surface area contributed by atoms with Crippen LogP contribution >= 0.6 is 15.9 Å². The molecule has 0 saturated heterocycles. The summed E-state index contributed by atoms with van der Waals surface area (Å²) in [4.78, 5) is 4.20. The summed E-state index contributed by atoms with van der Waals surface area (Å²) in [6.45, 7) is 1.01. The summed E-state index contributed by atoms with van der Waals surface area (Å²) in [5.41, 5.74) is 1.74. The van der Waals surface area contributed by atoms with Crippen molar-refractivity contribution in [2.24, 2.45) is 5.92 Å². The molecule has 15 heavy (non-hydrogen) atoms. The molecule has 0 N–H and O–H groups in total. The second-order valence-corrected chi connectivity index (χ2v) is 4.95. The zero-order chi connectivity index (χ0) is 10.4. The Balaban J connectivity index is 2.10. The molecule has 0 amide bonds. The van der Waals surface area contributed by atoms with Gasteiger partial charge in [0, 0.05) is 12.6 Å². The Morgan fingerprint density at radius 1 is 1.47 bits per heavy atom. The molecule has 1 fully saturated rings. The Morgan fingerprint density at radius 2 is 2.27 bits per heavy atom. The van der Waals surface area contributed by atoms with Crippen molar-refractivity contribution in [1.82, 2.24) is 9.55 Å². The standard InChI is InChI=1S/C11H10BrFN2/c12-8-3-11-10(4-9(8)13)14-6-15(11)5-7-1-2-7/h3-4,6-7H,1-2,5H2. The monoisotopic (exact) mass is 268 g/mol. The molecular weight excluding hydrogens is 259 g/mol. The fraction of sp³-hybridized carbons (Fsp3) is 0.364. The Bertz CT molecular complexity index is 517. The molecule has 0 radical (unpaired) electrons. The summed E-state index contributed by atoms with van der Waals surface area (Å²) >= 11 is 3.20. The molecule has 78 valence electrons. The molecule has 4 heteroatoms. The zero-order valence-corrected chi connectivity index (χ0v) is 9.67. The number of imidazole rings is 1. The van der Waals surface area contributed by atoms with Crippen molar-refractivity contribution in [3.05, 3.63) is 28.7 Å². The zero-order valence-electron chi connectivity index (χ0n) is 8.08. The number of fused-ring (bicyclic) bond motifs is 1. The van der Waals surface area contributed by atoms with Crippen LogP contribution in [0.15, 0.2) is 22.9 Å². The molecule has 1 aliphatic rings. The molecule has 2 nitrogen and oxygen atoms in total. The van der Waals surface area contributed by atoms with Gasteiger partial charge in [-0.25, -0.2) is 9.37 Å². The van der Waals surface area contributed by atoms with Gasteiger partial charge in [-0.05, 0) is 40.8 Å². The fourth-order valence-electron chi connectivity index (χ4n) is 1.78. The summed E-state index contributed by atoms with van der Waals surface area (Å²) in [6, 6.07) is 3.28. The number of hydrogen-bond acceptors (Lipinski definition) is 1. The van der Waals surface area contributed by atoms with Crippen LogP contribution in [0, 0.1) is 11.7 Å². The third kappa shape index (κ3) is 1.67. The Morgan fingerprint density at radius 3 is 3.00 bits per heavy atom. The van der Waals surface area contributed by atoms with Crippen LogP contribution in [0.2, 0.25) is 0 Å². The predicted octanol–water partition coefficient (Wildman–Crippen LogP) is 3.35. The van der Waals surface area contributed by atoms with E-state index in [0.717, 1.165) is 23.5 Å². The van der Waals surface area contributed by atoms with E-state index in [1.807, 2.05) is 0 Å². The molecule has 1 aromatic carbocycles. The molecular formula is C11H10BrFN2. The lowest BCUT2D eigenvalue weighted by Crippen LogP contribution is -1.97. The average molecular weight is 269 g/mol. The van der Waals surface area contributed by atoms with Crippen LogP contribution in [-0.2, 0) is 6.54 Å². The second-order valence-electron chi connectivity index (χ2n) is 4.10. The molecule has 1 aromatic heterocycles. The molecule has 1 aliphatic carbocycles. The van der Waals surface area contributed by atoms with E-state index in [1.165, 1.54) is 18.9 Å². The van der Waals surface area contributed by atoms with Gasteiger partial charge in [-0.15, -0.1) is 0 Å². The maximum atomic E-state index is 13.2. The summed E-state index contributed by atoms with van der Waals surface area (Å²) in [7, 11) is 0. The number of halogens is 2. The van der Waals surface area contributed by atoms with E-state index in [-0.39, 0.29) is 5.82 Å². The fourth-order valence-corrected chi connectivity index (χ4v) is 2.11. The van der Waals surface area contributed by atoms with Crippen LogP contribution in [0.1, 0.15) is 12.8 Å². The van der Waals surface area contributed by atoms with Crippen LogP contribution in [0.4, 0.5) is 4.39 Å². The summed E-state index contributed by atoms with van der Waals surface area (Å²) in [5.74, 6) is 0.547. The molecule has 0 bridgehead atoms. The van der Waals surface area contributed by atoms with E-state index in [0.29, 0.717) is 4.47 Å². The first kappa shape index (κ1) is 9.33. The smallest absolute Gasteiger partial charge is 0.139 e. The van der Waals surface area contributed by atoms with Gasteiger partial charge in [-0.1, -0.05) is 0 Å². The number of nitrogens with zero attached hydrogens (tertiary/aromatic N) is 2. The van der Waals surface area contributed by atoms with Gasteiger partial charge in [0.25, 0.3) is 0 Å². The van der Waals surface area contributed by atoms with Crippen molar-refractivity contribution < 1.29 is 4.39 Å². The van der Waals surface area contributed by atoms with Crippen LogP contribution in [0.5, 0.6) is 0 Å². The quantitative estimate of drug-likeness (QED) is 0.817. The third-order valence-electron chi connectivity index (χ3n) is 2.81. The van der Waals surface area contributed by atoms with Crippen LogP contribution in [0.3, 0.4) is 0 Å². The van der Waals surface area contributed by atoms with Crippen molar-refractivity contribution in [3.63, 3.8) is 0 Å². The van der Waals surface area contributed by atoms with Gasteiger partial charge in [0.1, 0.15) is 5.82 Å². The lowest BCUT2D eigenvalue weighted by atomic mass is 10.3. The number of hydrogen-bond donors (Lipinski definition) is 0. The SMILES string of the molecule is Fc1cc2ncn(CC3CC3)c2cc1Br. The van der Waals surface area contributed by atoms with Gasteiger partial charge in [-0.3, -0.25) is 0 Å². The molecule has 0 aliphatic heterocycles. The van der Waals surface area contributed by atoms with Gasteiger partial charge >= 0.3 is 0 Å².